The quantitative estimate of drug-likeness (QED) is 0.651. The van der Waals surface area contributed by atoms with E-state index in [1.807, 2.05) is 0 Å². The molecule has 0 amide bonds. The van der Waals surface area contributed by atoms with E-state index in [1.54, 1.807) is 0 Å². The third kappa shape index (κ3) is 11.8. The van der Waals surface area contributed by atoms with E-state index in [4.69, 9.17) is 10.2 Å². The Morgan fingerprint density at radius 2 is 1.00 bits per heavy atom. The Kier molecular flexibility index (Phi) is 15.1. The van der Waals surface area contributed by atoms with Crippen LogP contribution in [0.15, 0.2) is 0 Å². The van der Waals surface area contributed by atoms with Gasteiger partial charge in [-0.2, -0.15) is 0 Å². The second-order valence-corrected chi connectivity index (χ2v) is 1.86. The number of hydrogen-bond acceptors (Lipinski definition) is 2. The van der Waals surface area contributed by atoms with Crippen molar-refractivity contribution in [1.82, 2.24) is 0 Å². The summed E-state index contributed by atoms with van der Waals surface area (Å²) in [6.07, 6.45) is 3.83. The van der Waals surface area contributed by atoms with E-state index >= 15 is 0 Å². The maximum Gasteiger partial charge on any atom is 0.0431 e. The lowest BCUT2D eigenvalue weighted by atomic mass is 10.2. The van der Waals surface area contributed by atoms with E-state index in [0.717, 1.165) is 25.7 Å². The average molecular weight is 199 g/mol. The first-order valence-corrected chi connectivity index (χ1v) is 3.13. The standard InChI is InChI=1S/C6H14O2.BrH/c7-5-3-1-2-4-6-8;/h7-8H,1-6H2;1H. The van der Waals surface area contributed by atoms with E-state index < -0.39 is 0 Å². The van der Waals surface area contributed by atoms with Gasteiger partial charge in [-0.25, -0.2) is 0 Å². The van der Waals surface area contributed by atoms with Gasteiger partial charge in [-0.05, 0) is 12.8 Å². The van der Waals surface area contributed by atoms with Crippen molar-refractivity contribution in [1.29, 1.82) is 0 Å². The van der Waals surface area contributed by atoms with Crippen molar-refractivity contribution in [2.45, 2.75) is 25.7 Å². The zero-order valence-electron chi connectivity index (χ0n) is 5.55. The molecule has 0 bridgehead atoms. The van der Waals surface area contributed by atoms with Gasteiger partial charge < -0.3 is 10.2 Å². The van der Waals surface area contributed by atoms with E-state index in [-0.39, 0.29) is 30.2 Å². The molecule has 3 heteroatoms. The zero-order chi connectivity index (χ0) is 6.24. The van der Waals surface area contributed by atoms with Crippen molar-refractivity contribution in [2.75, 3.05) is 13.2 Å². The van der Waals surface area contributed by atoms with Crippen molar-refractivity contribution < 1.29 is 10.2 Å². The van der Waals surface area contributed by atoms with Crippen LogP contribution in [0.1, 0.15) is 25.7 Å². The molecule has 0 aromatic heterocycles. The Balaban J connectivity index is 0. The molecule has 0 radical (unpaired) electrons. The molecule has 9 heavy (non-hydrogen) atoms. The Morgan fingerprint density at radius 1 is 0.667 bits per heavy atom. The molecule has 0 spiro atoms. The number of hydrogen-bond donors (Lipinski definition) is 2. The van der Waals surface area contributed by atoms with E-state index in [9.17, 15) is 0 Å². The monoisotopic (exact) mass is 198 g/mol. The summed E-state index contributed by atoms with van der Waals surface area (Å²) < 4.78 is 0. The molecule has 2 nitrogen and oxygen atoms in total. The molecule has 0 aliphatic rings. The molecule has 58 valence electrons. The van der Waals surface area contributed by atoms with E-state index in [0.29, 0.717) is 0 Å². The summed E-state index contributed by atoms with van der Waals surface area (Å²) in [6, 6.07) is 0. The third-order valence-electron chi connectivity index (χ3n) is 1.07. The smallest absolute Gasteiger partial charge is 0.0431 e. The molecular formula is C6H15BrO2. The van der Waals surface area contributed by atoms with Gasteiger partial charge >= 0.3 is 0 Å². The SMILES string of the molecule is Br.OCCCCCCO. The predicted molar refractivity (Wildman–Crippen MR) is 43.0 cm³/mol. The molecule has 0 unspecified atom stereocenters. The summed E-state index contributed by atoms with van der Waals surface area (Å²) in [7, 11) is 0. The highest BCUT2D eigenvalue weighted by Crippen LogP contribution is 1.96. The molecule has 0 saturated heterocycles. The Bertz CT molecular complexity index is 36.0. The van der Waals surface area contributed by atoms with Crippen LogP contribution < -0.4 is 0 Å². The van der Waals surface area contributed by atoms with Crippen molar-refractivity contribution in [2.24, 2.45) is 0 Å². The summed E-state index contributed by atoms with van der Waals surface area (Å²) in [4.78, 5) is 0. The minimum Gasteiger partial charge on any atom is -0.396 e. The maximum atomic E-state index is 8.30. The molecule has 0 aliphatic carbocycles. The van der Waals surface area contributed by atoms with Gasteiger partial charge in [0.1, 0.15) is 0 Å². The Morgan fingerprint density at radius 3 is 1.22 bits per heavy atom. The molecule has 0 aromatic carbocycles. The zero-order valence-corrected chi connectivity index (χ0v) is 7.26. The lowest BCUT2D eigenvalue weighted by Gasteiger charge is -1.93. The molecule has 0 atom stereocenters. The normalized spacial score (nSPS) is 8.67. The third-order valence-corrected chi connectivity index (χ3v) is 1.07. The Labute approximate surface area is 66.7 Å². The molecule has 0 fully saturated rings. The van der Waals surface area contributed by atoms with Gasteiger partial charge in [0.2, 0.25) is 0 Å². The van der Waals surface area contributed by atoms with Gasteiger partial charge in [0, 0.05) is 13.2 Å². The maximum absolute atomic E-state index is 8.30. The van der Waals surface area contributed by atoms with Crippen LogP contribution in [0.2, 0.25) is 0 Å². The van der Waals surface area contributed by atoms with Crippen molar-refractivity contribution in [3.63, 3.8) is 0 Å². The van der Waals surface area contributed by atoms with Crippen LogP contribution in [0.25, 0.3) is 0 Å². The summed E-state index contributed by atoms with van der Waals surface area (Å²) in [5.74, 6) is 0. The Hall–Kier alpha value is 0.400. The van der Waals surface area contributed by atoms with Crippen molar-refractivity contribution >= 4 is 17.0 Å². The van der Waals surface area contributed by atoms with Crippen molar-refractivity contribution in [3.8, 4) is 0 Å². The molecule has 0 saturated carbocycles. The molecule has 0 aliphatic heterocycles. The minimum atomic E-state index is 0. The summed E-state index contributed by atoms with van der Waals surface area (Å²) in [5, 5.41) is 16.6. The van der Waals surface area contributed by atoms with Gasteiger partial charge in [0.25, 0.3) is 0 Å². The van der Waals surface area contributed by atoms with E-state index in [2.05, 4.69) is 0 Å². The highest BCUT2D eigenvalue weighted by Gasteiger charge is 1.84. The average Bonchev–Trinajstić information content (AvgIpc) is 1.81. The first kappa shape index (κ1) is 12.1. The van der Waals surface area contributed by atoms with Crippen LogP contribution in [-0.2, 0) is 0 Å². The van der Waals surface area contributed by atoms with Gasteiger partial charge in [-0.3, -0.25) is 0 Å². The highest BCUT2D eigenvalue weighted by molar-refractivity contribution is 8.93. The predicted octanol–water partition coefficient (Wildman–Crippen LogP) is 1.11. The van der Waals surface area contributed by atoms with Crippen molar-refractivity contribution in [3.05, 3.63) is 0 Å². The van der Waals surface area contributed by atoms with Crippen LogP contribution in [-0.4, -0.2) is 23.4 Å². The second kappa shape index (κ2) is 11.2. The fourth-order valence-corrected chi connectivity index (χ4v) is 0.577. The largest absolute Gasteiger partial charge is 0.396 e. The summed E-state index contributed by atoms with van der Waals surface area (Å²) in [5.41, 5.74) is 0. The molecule has 0 aromatic rings. The first-order chi connectivity index (χ1) is 3.91. The molecular weight excluding hydrogens is 184 g/mol. The highest BCUT2D eigenvalue weighted by atomic mass is 79.9. The van der Waals surface area contributed by atoms with Gasteiger partial charge in [0.05, 0.1) is 0 Å². The van der Waals surface area contributed by atoms with Crippen LogP contribution in [0, 0.1) is 0 Å². The first-order valence-electron chi connectivity index (χ1n) is 3.13. The number of aliphatic hydroxyl groups is 2. The van der Waals surface area contributed by atoms with Gasteiger partial charge in [-0.15, -0.1) is 17.0 Å². The van der Waals surface area contributed by atoms with Crippen LogP contribution in [0.4, 0.5) is 0 Å². The fourth-order valence-electron chi connectivity index (χ4n) is 0.577. The molecule has 0 rings (SSSR count). The van der Waals surface area contributed by atoms with Crippen LogP contribution in [0.3, 0.4) is 0 Å². The van der Waals surface area contributed by atoms with E-state index in [1.165, 1.54) is 0 Å². The lowest BCUT2D eigenvalue weighted by molar-refractivity contribution is 0.265. The summed E-state index contributed by atoms with van der Waals surface area (Å²) in [6.45, 7) is 0.566. The number of unbranched alkanes of at least 4 members (excludes halogenated alkanes) is 3. The number of aliphatic hydroxyl groups excluding tert-OH is 2. The lowest BCUT2D eigenvalue weighted by Crippen LogP contribution is -1.85. The summed E-state index contributed by atoms with van der Waals surface area (Å²) >= 11 is 0. The molecule has 2 N–H and O–H groups in total. The molecule has 0 heterocycles. The second-order valence-electron chi connectivity index (χ2n) is 1.86. The van der Waals surface area contributed by atoms with Gasteiger partial charge in [0.15, 0.2) is 0 Å². The van der Waals surface area contributed by atoms with Gasteiger partial charge in [-0.1, -0.05) is 12.8 Å². The minimum absolute atomic E-state index is 0. The van der Waals surface area contributed by atoms with Crippen LogP contribution >= 0.6 is 17.0 Å². The fraction of sp³-hybridized carbons (Fsp3) is 1.00. The van der Waals surface area contributed by atoms with Crippen LogP contribution in [0.5, 0.6) is 0 Å². The topological polar surface area (TPSA) is 40.5 Å². The number of halogens is 1. The number of rotatable bonds is 5.